The summed E-state index contributed by atoms with van der Waals surface area (Å²) in [5, 5.41) is 0. The molecule has 0 amide bonds. The van der Waals surface area contributed by atoms with Gasteiger partial charge in [0.15, 0.2) is 0 Å². The molecule has 0 spiro atoms. The van der Waals surface area contributed by atoms with Gasteiger partial charge in [-0.25, -0.2) is 0 Å². The fraction of sp³-hybridized carbons (Fsp3) is 0.100. The van der Waals surface area contributed by atoms with Crippen molar-refractivity contribution in [2.24, 2.45) is 0 Å². The van der Waals surface area contributed by atoms with Crippen LogP contribution in [0.25, 0.3) is 0 Å². The maximum absolute atomic E-state index is 7.50. The SMILES string of the molecule is Cc1ccccc1.[C-]#[O+].[C-]#[O+].[C-]#[O+].[Cr+6]. The van der Waals surface area contributed by atoms with Crippen LogP contribution in [0, 0.1) is 26.9 Å². The van der Waals surface area contributed by atoms with Gasteiger partial charge in [0.25, 0.3) is 0 Å². The standard InChI is InChI=1S/C7H8.3CO.Cr/c1-7-5-3-2-4-6-7;3*1-2;/h2-6H,1H3;;;;/q;;;;+6. The number of rotatable bonds is 0. The minimum atomic E-state index is 0. The maximum atomic E-state index is 7.50. The summed E-state index contributed by atoms with van der Waals surface area (Å²) in [6.07, 6.45) is 0. The van der Waals surface area contributed by atoms with Crippen LogP contribution in [0.4, 0.5) is 0 Å². The molecule has 0 unspecified atom stereocenters. The summed E-state index contributed by atoms with van der Waals surface area (Å²) in [5.41, 5.74) is 1.32. The van der Waals surface area contributed by atoms with Gasteiger partial charge >= 0.3 is 51.3 Å². The van der Waals surface area contributed by atoms with Crippen LogP contribution in [0.15, 0.2) is 30.3 Å². The van der Waals surface area contributed by atoms with Gasteiger partial charge in [-0.05, 0) is 6.92 Å². The van der Waals surface area contributed by atoms with Crippen molar-refractivity contribution in [2.75, 3.05) is 0 Å². The Labute approximate surface area is 94.4 Å². The van der Waals surface area contributed by atoms with Crippen molar-refractivity contribution < 1.29 is 31.3 Å². The van der Waals surface area contributed by atoms with Gasteiger partial charge in [0, 0.05) is 0 Å². The molecule has 0 aliphatic heterocycles. The number of benzene rings is 1. The molecular formula is C10H8CrO3+6. The first-order chi connectivity index (χ1) is 6.39. The first-order valence-corrected chi connectivity index (χ1v) is 3.02. The van der Waals surface area contributed by atoms with Gasteiger partial charge in [-0.2, -0.15) is 0 Å². The smallest absolute Gasteiger partial charge is 6.00 e. The van der Waals surface area contributed by atoms with Gasteiger partial charge in [-0.15, -0.1) is 0 Å². The number of hydrogen-bond donors (Lipinski definition) is 0. The molecular weight excluding hydrogens is 220 g/mol. The van der Waals surface area contributed by atoms with Crippen LogP contribution in [0.1, 0.15) is 5.56 Å². The molecule has 0 heterocycles. The second-order valence-corrected chi connectivity index (χ2v) is 1.65. The number of aryl methyl sites for hydroxylation is 1. The van der Waals surface area contributed by atoms with E-state index in [0.29, 0.717) is 0 Å². The van der Waals surface area contributed by atoms with E-state index in [1.165, 1.54) is 5.56 Å². The molecule has 0 atom stereocenters. The summed E-state index contributed by atoms with van der Waals surface area (Å²) in [7, 11) is 0. The third-order valence-corrected chi connectivity index (χ3v) is 0.940. The summed E-state index contributed by atoms with van der Waals surface area (Å²) in [4.78, 5) is 0. The summed E-state index contributed by atoms with van der Waals surface area (Å²) >= 11 is 0. The zero-order valence-corrected chi connectivity index (χ0v) is 8.79. The summed E-state index contributed by atoms with van der Waals surface area (Å²) < 4.78 is 22.5. The zero-order valence-electron chi connectivity index (χ0n) is 7.52. The average Bonchev–Trinajstić information content (AvgIpc) is 2.28. The Bertz CT molecular complexity index is 224. The Hall–Kier alpha value is -1.03. The molecule has 0 radical (unpaired) electrons. The van der Waals surface area contributed by atoms with E-state index in [1.807, 2.05) is 18.2 Å². The number of hydrogen-bond acceptors (Lipinski definition) is 0. The predicted molar refractivity (Wildman–Crippen MR) is 43.0 cm³/mol. The first kappa shape index (κ1) is 23.1. The molecule has 0 N–H and O–H groups in total. The van der Waals surface area contributed by atoms with E-state index in [4.69, 9.17) is 14.0 Å². The molecule has 0 fully saturated rings. The molecule has 0 aromatic heterocycles. The van der Waals surface area contributed by atoms with Crippen LogP contribution in [0.3, 0.4) is 0 Å². The van der Waals surface area contributed by atoms with Crippen molar-refractivity contribution in [3.8, 4) is 0 Å². The van der Waals surface area contributed by atoms with Gasteiger partial charge < -0.3 is 0 Å². The second kappa shape index (κ2) is 29.6. The van der Waals surface area contributed by atoms with Crippen LogP contribution in [0.5, 0.6) is 0 Å². The molecule has 66 valence electrons. The fourth-order valence-electron chi connectivity index (χ4n) is 0.534. The topological polar surface area (TPSA) is 59.7 Å². The quantitative estimate of drug-likeness (QED) is 0.481. The van der Waals surface area contributed by atoms with E-state index in [9.17, 15) is 0 Å². The summed E-state index contributed by atoms with van der Waals surface area (Å²) in [5.74, 6) is 0. The maximum Gasteiger partial charge on any atom is 6.00 e. The Balaban J connectivity index is -0.0000000625. The minimum absolute atomic E-state index is 0. The van der Waals surface area contributed by atoms with E-state index in [1.54, 1.807) is 0 Å². The monoisotopic (exact) mass is 228 g/mol. The second-order valence-electron chi connectivity index (χ2n) is 1.65. The first-order valence-electron chi connectivity index (χ1n) is 3.02. The Morgan fingerprint density at radius 3 is 1.21 bits per heavy atom. The predicted octanol–water partition coefficient (Wildman–Crippen LogP) is 1.88. The molecule has 3 nitrogen and oxygen atoms in total. The van der Waals surface area contributed by atoms with Crippen molar-refractivity contribution >= 4 is 0 Å². The molecule has 0 saturated carbocycles. The average molecular weight is 228 g/mol. The Morgan fingerprint density at radius 2 is 1.07 bits per heavy atom. The molecule has 14 heavy (non-hydrogen) atoms. The Morgan fingerprint density at radius 1 is 0.786 bits per heavy atom. The van der Waals surface area contributed by atoms with Gasteiger partial charge in [0.2, 0.25) is 0 Å². The van der Waals surface area contributed by atoms with E-state index in [-0.39, 0.29) is 17.4 Å². The van der Waals surface area contributed by atoms with E-state index in [0.717, 1.165) is 0 Å². The van der Waals surface area contributed by atoms with Crippen LogP contribution in [-0.4, -0.2) is 0 Å². The largest absolute Gasteiger partial charge is 6.00 e. The van der Waals surface area contributed by atoms with Gasteiger partial charge in [0.1, 0.15) is 0 Å². The van der Waals surface area contributed by atoms with Crippen molar-refractivity contribution in [2.45, 2.75) is 6.92 Å². The van der Waals surface area contributed by atoms with E-state index in [2.05, 4.69) is 39.0 Å². The van der Waals surface area contributed by atoms with Crippen LogP contribution >= 0.6 is 0 Å². The van der Waals surface area contributed by atoms with Crippen LogP contribution in [0.2, 0.25) is 0 Å². The van der Waals surface area contributed by atoms with Crippen molar-refractivity contribution in [3.63, 3.8) is 0 Å². The molecule has 0 saturated heterocycles. The van der Waals surface area contributed by atoms with Crippen molar-refractivity contribution in [1.82, 2.24) is 0 Å². The van der Waals surface area contributed by atoms with Gasteiger partial charge in [-0.3, -0.25) is 0 Å². The third kappa shape index (κ3) is 22.4. The van der Waals surface area contributed by atoms with Crippen LogP contribution < -0.4 is 0 Å². The zero-order chi connectivity index (χ0) is 11.1. The third-order valence-electron chi connectivity index (χ3n) is 0.940. The van der Waals surface area contributed by atoms with E-state index >= 15 is 0 Å². The van der Waals surface area contributed by atoms with Crippen molar-refractivity contribution in [1.29, 1.82) is 0 Å². The fourth-order valence-corrected chi connectivity index (χ4v) is 0.534. The molecule has 1 aromatic rings. The van der Waals surface area contributed by atoms with Gasteiger partial charge in [0.05, 0.1) is 0 Å². The molecule has 0 aliphatic rings. The minimum Gasteiger partial charge on any atom is 6.00 e. The molecule has 0 bridgehead atoms. The van der Waals surface area contributed by atoms with Gasteiger partial charge in [-0.1, -0.05) is 35.9 Å². The summed E-state index contributed by atoms with van der Waals surface area (Å²) in [6.45, 7) is 15.6. The van der Waals surface area contributed by atoms with Crippen LogP contribution in [-0.2, 0) is 31.3 Å². The Kier molecular flexibility index (Phi) is 48.9. The summed E-state index contributed by atoms with van der Waals surface area (Å²) in [6, 6.07) is 10.3. The molecule has 4 heteroatoms. The van der Waals surface area contributed by atoms with Crippen molar-refractivity contribution in [3.05, 3.63) is 55.8 Å². The molecule has 0 aliphatic carbocycles. The molecule has 1 aromatic carbocycles. The normalized spacial score (nSPS) is 4.79. The van der Waals surface area contributed by atoms with E-state index < -0.39 is 0 Å². The molecule has 1 rings (SSSR count).